The summed E-state index contributed by atoms with van der Waals surface area (Å²) < 4.78 is 5.78. The Morgan fingerprint density at radius 3 is 2.40 bits per heavy atom. The molecule has 2 aromatic carbocycles. The lowest BCUT2D eigenvalue weighted by atomic mass is 10.0. The lowest BCUT2D eigenvalue weighted by Gasteiger charge is -2.11. The highest BCUT2D eigenvalue weighted by Gasteiger charge is 2.19. The number of methoxy groups -OCH3 is 1. The zero-order chi connectivity index (χ0) is 14.7. The van der Waals surface area contributed by atoms with Crippen LogP contribution in [-0.2, 0) is 0 Å². The molecule has 0 aliphatic carbocycles. The average molecular weight is 337 g/mol. The fourth-order valence-corrected chi connectivity index (χ4v) is 2.44. The SMILES string of the molecule is CNc1c(-c2ccc(OC)cc2)cc(Br)cc1[N+](=O)[O-]. The van der Waals surface area contributed by atoms with E-state index < -0.39 is 4.92 Å². The molecule has 0 fully saturated rings. The summed E-state index contributed by atoms with van der Waals surface area (Å²) >= 11 is 3.31. The van der Waals surface area contributed by atoms with Gasteiger partial charge in [0, 0.05) is 23.2 Å². The van der Waals surface area contributed by atoms with Crippen LogP contribution in [0.5, 0.6) is 5.75 Å². The molecule has 0 heterocycles. The molecule has 0 radical (unpaired) electrons. The topological polar surface area (TPSA) is 64.4 Å². The molecule has 0 amide bonds. The fraction of sp³-hybridized carbons (Fsp3) is 0.143. The van der Waals surface area contributed by atoms with Gasteiger partial charge in [-0.05, 0) is 23.8 Å². The Morgan fingerprint density at radius 2 is 1.90 bits per heavy atom. The predicted octanol–water partition coefficient (Wildman–Crippen LogP) is 4.07. The van der Waals surface area contributed by atoms with E-state index in [2.05, 4.69) is 21.2 Å². The first-order chi connectivity index (χ1) is 9.56. The Labute approximate surface area is 124 Å². The predicted molar refractivity (Wildman–Crippen MR) is 82.3 cm³/mol. The van der Waals surface area contributed by atoms with Crippen LogP contribution in [0.15, 0.2) is 40.9 Å². The van der Waals surface area contributed by atoms with Gasteiger partial charge in [-0.3, -0.25) is 10.1 Å². The van der Waals surface area contributed by atoms with Gasteiger partial charge in [-0.1, -0.05) is 28.1 Å². The molecule has 0 aliphatic heterocycles. The minimum atomic E-state index is -0.399. The molecule has 2 aromatic rings. The number of halogens is 1. The van der Waals surface area contributed by atoms with Crippen molar-refractivity contribution in [2.24, 2.45) is 0 Å². The summed E-state index contributed by atoms with van der Waals surface area (Å²) in [6, 6.07) is 10.7. The maximum absolute atomic E-state index is 11.1. The van der Waals surface area contributed by atoms with Gasteiger partial charge >= 0.3 is 0 Å². The van der Waals surface area contributed by atoms with Crippen molar-refractivity contribution in [3.8, 4) is 16.9 Å². The van der Waals surface area contributed by atoms with E-state index in [0.29, 0.717) is 10.2 Å². The van der Waals surface area contributed by atoms with E-state index >= 15 is 0 Å². The molecule has 0 atom stereocenters. The van der Waals surface area contributed by atoms with Crippen LogP contribution in [0.25, 0.3) is 11.1 Å². The third-order valence-electron chi connectivity index (χ3n) is 2.93. The summed E-state index contributed by atoms with van der Waals surface area (Å²) in [6.07, 6.45) is 0. The molecule has 1 N–H and O–H groups in total. The van der Waals surface area contributed by atoms with Gasteiger partial charge in [0.1, 0.15) is 11.4 Å². The molecular weight excluding hydrogens is 324 g/mol. The molecule has 0 saturated carbocycles. The molecule has 0 bridgehead atoms. The van der Waals surface area contributed by atoms with Crippen molar-refractivity contribution < 1.29 is 9.66 Å². The van der Waals surface area contributed by atoms with Gasteiger partial charge in [0.25, 0.3) is 5.69 Å². The van der Waals surface area contributed by atoms with Gasteiger partial charge < -0.3 is 10.1 Å². The van der Waals surface area contributed by atoms with Crippen LogP contribution in [0.2, 0.25) is 0 Å². The van der Waals surface area contributed by atoms with E-state index in [9.17, 15) is 10.1 Å². The van der Waals surface area contributed by atoms with Crippen LogP contribution >= 0.6 is 15.9 Å². The van der Waals surface area contributed by atoms with E-state index in [1.54, 1.807) is 14.2 Å². The number of nitro groups is 1. The summed E-state index contributed by atoms with van der Waals surface area (Å²) in [7, 11) is 3.27. The standard InChI is InChI=1S/C14H13BrN2O3/c1-16-14-12(7-10(15)8-13(14)17(18)19)9-3-5-11(20-2)6-4-9/h3-8,16H,1-2H3. The van der Waals surface area contributed by atoms with Gasteiger partial charge in [-0.2, -0.15) is 0 Å². The molecule has 0 saturated heterocycles. The number of nitrogens with zero attached hydrogens (tertiary/aromatic N) is 1. The Morgan fingerprint density at radius 1 is 1.25 bits per heavy atom. The highest BCUT2D eigenvalue weighted by Crippen LogP contribution is 2.38. The largest absolute Gasteiger partial charge is 0.497 e. The summed E-state index contributed by atoms with van der Waals surface area (Å²) in [5.41, 5.74) is 2.16. The number of ether oxygens (including phenoxy) is 1. The van der Waals surface area contributed by atoms with Crippen LogP contribution in [0.3, 0.4) is 0 Å². The first-order valence-corrected chi connectivity index (χ1v) is 6.66. The maximum Gasteiger partial charge on any atom is 0.294 e. The van der Waals surface area contributed by atoms with Crippen molar-refractivity contribution in [3.63, 3.8) is 0 Å². The summed E-state index contributed by atoms with van der Waals surface area (Å²) in [4.78, 5) is 10.7. The van der Waals surface area contributed by atoms with Crippen molar-refractivity contribution in [3.05, 3.63) is 51.0 Å². The second-order valence-corrected chi connectivity index (χ2v) is 5.00. The second kappa shape index (κ2) is 5.92. The third-order valence-corrected chi connectivity index (χ3v) is 3.39. The number of nitrogens with one attached hydrogen (secondary N) is 1. The monoisotopic (exact) mass is 336 g/mol. The van der Waals surface area contributed by atoms with Crippen LogP contribution in [0.4, 0.5) is 11.4 Å². The second-order valence-electron chi connectivity index (χ2n) is 4.08. The van der Waals surface area contributed by atoms with Crippen molar-refractivity contribution in [2.45, 2.75) is 0 Å². The summed E-state index contributed by atoms with van der Waals surface area (Å²) in [6.45, 7) is 0. The minimum absolute atomic E-state index is 0.0349. The van der Waals surface area contributed by atoms with Crippen LogP contribution in [0, 0.1) is 10.1 Å². The first-order valence-electron chi connectivity index (χ1n) is 5.87. The van der Waals surface area contributed by atoms with Crippen molar-refractivity contribution >= 4 is 27.3 Å². The average Bonchev–Trinajstić information content (AvgIpc) is 2.46. The van der Waals surface area contributed by atoms with E-state index in [1.807, 2.05) is 30.3 Å². The fourth-order valence-electron chi connectivity index (χ4n) is 2.00. The highest BCUT2D eigenvalue weighted by molar-refractivity contribution is 9.10. The quantitative estimate of drug-likeness (QED) is 0.675. The molecule has 20 heavy (non-hydrogen) atoms. The Bertz CT molecular complexity index is 642. The molecule has 0 unspecified atom stereocenters. The van der Waals surface area contributed by atoms with Crippen LogP contribution < -0.4 is 10.1 Å². The molecule has 0 spiro atoms. The Balaban J connectivity index is 2.62. The van der Waals surface area contributed by atoms with Crippen molar-refractivity contribution in [1.29, 1.82) is 0 Å². The zero-order valence-electron chi connectivity index (χ0n) is 11.0. The van der Waals surface area contributed by atoms with Gasteiger partial charge in [0.2, 0.25) is 0 Å². The number of hydrogen-bond acceptors (Lipinski definition) is 4. The van der Waals surface area contributed by atoms with E-state index in [1.165, 1.54) is 6.07 Å². The lowest BCUT2D eigenvalue weighted by molar-refractivity contribution is -0.384. The van der Waals surface area contributed by atoms with Gasteiger partial charge in [-0.15, -0.1) is 0 Å². The van der Waals surface area contributed by atoms with Crippen LogP contribution in [0.1, 0.15) is 0 Å². The summed E-state index contributed by atoms with van der Waals surface area (Å²) in [5.74, 6) is 0.740. The number of anilines is 1. The molecule has 5 nitrogen and oxygen atoms in total. The smallest absolute Gasteiger partial charge is 0.294 e. The first kappa shape index (κ1) is 14.3. The number of nitro benzene ring substituents is 1. The molecule has 0 aliphatic rings. The molecule has 6 heteroatoms. The Kier molecular flexibility index (Phi) is 4.24. The van der Waals surface area contributed by atoms with Gasteiger partial charge in [0.15, 0.2) is 0 Å². The number of benzene rings is 2. The van der Waals surface area contributed by atoms with Crippen molar-refractivity contribution in [1.82, 2.24) is 0 Å². The highest BCUT2D eigenvalue weighted by atomic mass is 79.9. The molecule has 0 aromatic heterocycles. The molecule has 104 valence electrons. The number of rotatable bonds is 4. The molecular formula is C14H13BrN2O3. The lowest BCUT2D eigenvalue weighted by Crippen LogP contribution is -1.99. The molecule has 2 rings (SSSR count). The maximum atomic E-state index is 11.1. The normalized spacial score (nSPS) is 10.2. The number of hydrogen-bond donors (Lipinski definition) is 1. The van der Waals surface area contributed by atoms with Crippen molar-refractivity contribution in [2.75, 3.05) is 19.5 Å². The minimum Gasteiger partial charge on any atom is -0.497 e. The van der Waals surface area contributed by atoms with Gasteiger partial charge in [0.05, 0.1) is 12.0 Å². The summed E-state index contributed by atoms with van der Waals surface area (Å²) in [5, 5.41) is 14.0. The Hall–Kier alpha value is -2.08. The van der Waals surface area contributed by atoms with E-state index in [-0.39, 0.29) is 5.69 Å². The van der Waals surface area contributed by atoms with E-state index in [0.717, 1.165) is 16.9 Å². The van der Waals surface area contributed by atoms with E-state index in [4.69, 9.17) is 4.74 Å². The zero-order valence-corrected chi connectivity index (χ0v) is 12.6. The van der Waals surface area contributed by atoms with Crippen LogP contribution in [-0.4, -0.2) is 19.1 Å². The third kappa shape index (κ3) is 2.75. The van der Waals surface area contributed by atoms with Gasteiger partial charge in [-0.25, -0.2) is 0 Å².